The number of fused-ring (bicyclic) bond motifs is 1. The molecule has 3 rings (SSSR count). The molecule has 1 N–H and O–H groups in total. The van der Waals surface area contributed by atoms with E-state index in [4.69, 9.17) is 0 Å². The van der Waals surface area contributed by atoms with Gasteiger partial charge in [-0.05, 0) is 30.2 Å². The van der Waals surface area contributed by atoms with Crippen LogP contribution in [0, 0.1) is 5.92 Å². The van der Waals surface area contributed by atoms with Gasteiger partial charge in [-0.3, -0.25) is 4.79 Å². The first-order valence-electron chi connectivity index (χ1n) is 8.89. The zero-order valence-electron chi connectivity index (χ0n) is 14.7. The van der Waals surface area contributed by atoms with Crippen LogP contribution in [-0.2, 0) is 4.79 Å². The normalized spacial score (nSPS) is 22.8. The molecule has 1 aliphatic heterocycles. The molecule has 0 saturated heterocycles. The number of amides is 1. The van der Waals surface area contributed by atoms with E-state index in [0.29, 0.717) is 12.3 Å². The Labute approximate surface area is 144 Å². The Kier molecular flexibility index (Phi) is 4.89. The maximum Gasteiger partial charge on any atom is 0.226 e. The third-order valence-corrected chi connectivity index (χ3v) is 5.08. The monoisotopic (exact) mass is 322 g/mol. The van der Waals surface area contributed by atoms with Gasteiger partial charge in [0, 0.05) is 29.8 Å². The molecule has 0 aliphatic carbocycles. The Balaban J connectivity index is 2.05. The lowest BCUT2D eigenvalue weighted by Gasteiger charge is -2.45. The first-order valence-corrected chi connectivity index (χ1v) is 8.89. The van der Waals surface area contributed by atoms with Gasteiger partial charge in [0.15, 0.2) is 0 Å². The van der Waals surface area contributed by atoms with Crippen LogP contribution in [-0.4, -0.2) is 11.9 Å². The number of hydrogen-bond acceptors (Lipinski definition) is 2. The average Bonchev–Trinajstić information content (AvgIpc) is 2.63. The minimum Gasteiger partial charge on any atom is -0.378 e. The summed E-state index contributed by atoms with van der Waals surface area (Å²) in [6, 6.07) is 19.1. The van der Waals surface area contributed by atoms with Gasteiger partial charge >= 0.3 is 0 Å². The van der Waals surface area contributed by atoms with Gasteiger partial charge in [-0.1, -0.05) is 57.2 Å². The zero-order chi connectivity index (χ0) is 17.1. The third-order valence-electron chi connectivity index (χ3n) is 5.08. The van der Waals surface area contributed by atoms with Crippen LogP contribution in [0.15, 0.2) is 54.6 Å². The van der Waals surface area contributed by atoms with E-state index in [9.17, 15) is 4.79 Å². The summed E-state index contributed by atoms with van der Waals surface area (Å²) in [6.07, 6.45) is 1.49. The summed E-state index contributed by atoms with van der Waals surface area (Å²) in [5.74, 6) is 0.542. The molecule has 24 heavy (non-hydrogen) atoms. The van der Waals surface area contributed by atoms with Crippen molar-refractivity contribution in [1.82, 2.24) is 0 Å². The van der Waals surface area contributed by atoms with Gasteiger partial charge in [-0.15, -0.1) is 0 Å². The number of nitrogens with zero attached hydrogens (tertiary/aromatic N) is 1. The fourth-order valence-electron chi connectivity index (χ4n) is 3.86. The SMILES string of the molecule is CCC(=O)N1c2ccccc2C(Nc2ccccc2)[C@H](C)C1CC. The van der Waals surface area contributed by atoms with E-state index in [1.54, 1.807) is 0 Å². The highest BCUT2D eigenvalue weighted by atomic mass is 16.2. The Morgan fingerprint density at radius 3 is 2.38 bits per heavy atom. The van der Waals surface area contributed by atoms with Gasteiger partial charge in [-0.25, -0.2) is 0 Å². The average molecular weight is 322 g/mol. The summed E-state index contributed by atoms with van der Waals surface area (Å²) in [5, 5.41) is 3.69. The van der Waals surface area contributed by atoms with Gasteiger partial charge < -0.3 is 10.2 Å². The summed E-state index contributed by atoms with van der Waals surface area (Å²) in [5.41, 5.74) is 3.39. The minimum absolute atomic E-state index is 0.203. The molecule has 2 unspecified atom stereocenters. The lowest BCUT2D eigenvalue weighted by atomic mass is 9.80. The number of nitrogens with one attached hydrogen (secondary N) is 1. The fraction of sp³-hybridized carbons (Fsp3) is 0.381. The third kappa shape index (κ3) is 2.91. The van der Waals surface area contributed by atoms with E-state index in [1.807, 2.05) is 36.1 Å². The molecule has 0 bridgehead atoms. The number of rotatable bonds is 4. The Bertz CT molecular complexity index is 698. The minimum atomic E-state index is 0.203. The molecule has 0 fully saturated rings. The molecular weight excluding hydrogens is 296 g/mol. The van der Waals surface area contributed by atoms with Crippen LogP contribution >= 0.6 is 0 Å². The van der Waals surface area contributed by atoms with Gasteiger partial charge in [0.25, 0.3) is 0 Å². The maximum absolute atomic E-state index is 12.6. The number of hydrogen-bond donors (Lipinski definition) is 1. The van der Waals surface area contributed by atoms with E-state index in [-0.39, 0.29) is 18.0 Å². The van der Waals surface area contributed by atoms with Crippen LogP contribution in [0.2, 0.25) is 0 Å². The lowest BCUT2D eigenvalue weighted by molar-refractivity contribution is -0.119. The molecule has 2 aromatic carbocycles. The van der Waals surface area contributed by atoms with E-state index >= 15 is 0 Å². The van der Waals surface area contributed by atoms with E-state index in [0.717, 1.165) is 17.8 Å². The van der Waals surface area contributed by atoms with Crippen LogP contribution in [0.5, 0.6) is 0 Å². The molecule has 1 aliphatic rings. The topological polar surface area (TPSA) is 32.3 Å². The van der Waals surface area contributed by atoms with Crippen molar-refractivity contribution in [3.63, 3.8) is 0 Å². The quantitative estimate of drug-likeness (QED) is 0.858. The predicted molar refractivity (Wildman–Crippen MR) is 100 cm³/mol. The van der Waals surface area contributed by atoms with Crippen LogP contribution in [0.1, 0.15) is 45.2 Å². The van der Waals surface area contributed by atoms with E-state index in [1.165, 1.54) is 5.56 Å². The maximum atomic E-state index is 12.6. The van der Waals surface area contributed by atoms with Gasteiger partial charge in [0.05, 0.1) is 6.04 Å². The van der Waals surface area contributed by atoms with Crippen molar-refractivity contribution < 1.29 is 4.79 Å². The number of carbonyl (C=O) groups is 1. The lowest BCUT2D eigenvalue weighted by Crippen LogP contribution is -2.50. The molecule has 1 amide bonds. The molecule has 1 heterocycles. The second-order valence-corrected chi connectivity index (χ2v) is 6.50. The van der Waals surface area contributed by atoms with Crippen molar-refractivity contribution >= 4 is 17.3 Å². The first kappa shape index (κ1) is 16.6. The summed E-state index contributed by atoms with van der Waals surface area (Å²) in [4.78, 5) is 14.6. The molecule has 3 heteroatoms. The Morgan fingerprint density at radius 1 is 1.04 bits per heavy atom. The molecule has 3 nitrogen and oxygen atoms in total. The van der Waals surface area contributed by atoms with E-state index < -0.39 is 0 Å². The molecule has 0 saturated carbocycles. The molecule has 126 valence electrons. The fourth-order valence-corrected chi connectivity index (χ4v) is 3.86. The van der Waals surface area contributed by atoms with Gasteiger partial charge in [0.2, 0.25) is 5.91 Å². The van der Waals surface area contributed by atoms with Crippen LogP contribution in [0.25, 0.3) is 0 Å². The molecule has 2 aromatic rings. The largest absolute Gasteiger partial charge is 0.378 e. The van der Waals surface area contributed by atoms with Gasteiger partial charge in [0.1, 0.15) is 0 Å². The molecule has 0 aromatic heterocycles. The number of anilines is 2. The molecule has 3 atom stereocenters. The second-order valence-electron chi connectivity index (χ2n) is 6.50. The Hall–Kier alpha value is -2.29. The summed E-state index contributed by atoms with van der Waals surface area (Å²) >= 11 is 0. The van der Waals surface area contributed by atoms with Gasteiger partial charge in [-0.2, -0.15) is 0 Å². The summed E-state index contributed by atoms with van der Waals surface area (Å²) in [6.45, 7) is 6.36. The Morgan fingerprint density at radius 2 is 1.71 bits per heavy atom. The molecular formula is C21H26N2O. The number of benzene rings is 2. The molecule has 0 radical (unpaired) electrons. The number of carbonyl (C=O) groups excluding carboxylic acids is 1. The van der Waals surface area contributed by atoms with Crippen LogP contribution in [0.4, 0.5) is 11.4 Å². The highest BCUT2D eigenvalue weighted by molar-refractivity contribution is 5.95. The summed E-state index contributed by atoms with van der Waals surface area (Å²) in [7, 11) is 0. The standard InChI is InChI=1S/C21H26N2O/c1-4-18-15(3)21(22-16-11-7-6-8-12-16)17-13-9-10-14-19(17)23(18)20(24)5-2/h6-15,18,21-22H,4-5H2,1-3H3/t15-,18?,21?/m1/s1. The predicted octanol–water partition coefficient (Wildman–Crippen LogP) is 5.01. The molecule has 0 spiro atoms. The van der Waals surface area contributed by atoms with Crippen molar-refractivity contribution in [2.45, 2.75) is 45.7 Å². The van der Waals surface area contributed by atoms with Crippen molar-refractivity contribution in [2.75, 3.05) is 10.2 Å². The van der Waals surface area contributed by atoms with Crippen molar-refractivity contribution in [2.24, 2.45) is 5.92 Å². The zero-order valence-corrected chi connectivity index (χ0v) is 14.7. The van der Waals surface area contributed by atoms with Crippen LogP contribution in [0.3, 0.4) is 0 Å². The van der Waals surface area contributed by atoms with E-state index in [2.05, 4.69) is 49.5 Å². The van der Waals surface area contributed by atoms with Crippen LogP contribution < -0.4 is 10.2 Å². The summed E-state index contributed by atoms with van der Waals surface area (Å²) < 4.78 is 0. The van der Waals surface area contributed by atoms with Crippen molar-refractivity contribution in [1.29, 1.82) is 0 Å². The number of para-hydroxylation sites is 2. The second kappa shape index (κ2) is 7.08. The highest BCUT2D eigenvalue weighted by Gasteiger charge is 2.39. The first-order chi connectivity index (χ1) is 11.7. The smallest absolute Gasteiger partial charge is 0.226 e. The van der Waals surface area contributed by atoms with Crippen molar-refractivity contribution in [3.05, 3.63) is 60.2 Å². The highest BCUT2D eigenvalue weighted by Crippen LogP contribution is 2.43. The van der Waals surface area contributed by atoms with Crippen molar-refractivity contribution in [3.8, 4) is 0 Å².